The van der Waals surface area contributed by atoms with Gasteiger partial charge in [-0.05, 0) is 40.7 Å². The highest BCUT2D eigenvalue weighted by Gasteiger charge is 2.59. The van der Waals surface area contributed by atoms with Crippen molar-refractivity contribution in [3.63, 3.8) is 0 Å². The Morgan fingerprint density at radius 3 is 2.54 bits per heavy atom. The normalized spacial score (nSPS) is 21.5. The molecule has 1 amide bonds. The summed E-state index contributed by atoms with van der Waals surface area (Å²) in [5.41, 5.74) is 0.136. The number of nitrogens with zero attached hydrogens (tertiary/aromatic N) is 5. The molecule has 1 N–H and O–H groups in total. The van der Waals surface area contributed by atoms with Gasteiger partial charge in [-0.1, -0.05) is 69.3 Å². The Kier molecular flexibility index (Phi) is 6.38. The molecule has 0 unspecified atom stereocenters. The van der Waals surface area contributed by atoms with E-state index in [4.69, 9.17) is 0 Å². The van der Waals surface area contributed by atoms with Gasteiger partial charge in [0.25, 0.3) is 0 Å². The van der Waals surface area contributed by atoms with Crippen molar-refractivity contribution in [1.82, 2.24) is 14.9 Å². The van der Waals surface area contributed by atoms with Gasteiger partial charge >= 0.3 is 6.09 Å². The number of carbonyl (C=O) groups is 1. The summed E-state index contributed by atoms with van der Waals surface area (Å²) < 4.78 is 25.3. The molecular weight excluding hydrogens is 514 g/mol. The molecule has 39 heavy (non-hydrogen) atoms. The van der Waals surface area contributed by atoms with E-state index in [0.717, 1.165) is 22.6 Å². The van der Waals surface area contributed by atoms with Crippen LogP contribution in [0.4, 0.5) is 10.6 Å². The molecule has 2 bridgehead atoms. The third-order valence-corrected chi connectivity index (χ3v) is 8.93. The van der Waals surface area contributed by atoms with Crippen molar-refractivity contribution >= 4 is 44.7 Å². The maximum atomic E-state index is 12.6. The molecule has 0 saturated carbocycles. The van der Waals surface area contributed by atoms with Crippen LogP contribution in [-0.2, 0) is 9.84 Å². The van der Waals surface area contributed by atoms with E-state index in [9.17, 15) is 23.6 Å². The molecule has 3 aromatic rings. The summed E-state index contributed by atoms with van der Waals surface area (Å²) >= 11 is 0. The van der Waals surface area contributed by atoms with Crippen LogP contribution in [0.25, 0.3) is 22.9 Å². The summed E-state index contributed by atoms with van der Waals surface area (Å²) in [5, 5.41) is 22.1. The molecule has 0 aliphatic carbocycles. The number of sulfone groups is 1. The molecule has 2 saturated heterocycles. The first-order valence-electron chi connectivity index (χ1n) is 12.8. The lowest BCUT2D eigenvalue weighted by Gasteiger charge is -2.54. The highest BCUT2D eigenvalue weighted by molar-refractivity contribution is 7.90. The SMILES string of the molecule is CC(C)(C)[C@]12CC[C@@H](CN(c3nc(S(C)(=O)=O)nc(/C=C/c4cccc5ccccc45)c3C#N)C1)N2C(=O)O. The predicted molar refractivity (Wildman–Crippen MR) is 150 cm³/mol. The maximum Gasteiger partial charge on any atom is 0.408 e. The van der Waals surface area contributed by atoms with Crippen LogP contribution in [0, 0.1) is 16.7 Å². The van der Waals surface area contributed by atoms with E-state index in [1.165, 1.54) is 0 Å². The van der Waals surface area contributed by atoms with E-state index in [0.29, 0.717) is 25.9 Å². The lowest BCUT2D eigenvalue weighted by molar-refractivity contribution is 0.00521. The van der Waals surface area contributed by atoms with Crippen LogP contribution in [0.3, 0.4) is 0 Å². The second-order valence-corrected chi connectivity index (χ2v) is 13.3. The van der Waals surface area contributed by atoms with Gasteiger partial charge in [0.1, 0.15) is 11.6 Å². The molecule has 2 aromatic carbocycles. The number of aromatic nitrogens is 2. The maximum absolute atomic E-state index is 12.6. The van der Waals surface area contributed by atoms with Crippen molar-refractivity contribution in [1.29, 1.82) is 5.26 Å². The molecule has 2 aliphatic heterocycles. The molecule has 10 heteroatoms. The topological polar surface area (TPSA) is 127 Å². The van der Waals surface area contributed by atoms with Crippen molar-refractivity contribution < 1.29 is 18.3 Å². The van der Waals surface area contributed by atoms with E-state index in [1.54, 1.807) is 11.0 Å². The van der Waals surface area contributed by atoms with Gasteiger partial charge in [0.05, 0.1) is 17.3 Å². The Labute approximate surface area is 228 Å². The highest BCUT2D eigenvalue weighted by Crippen LogP contribution is 2.50. The van der Waals surface area contributed by atoms with Crippen molar-refractivity contribution in [3.05, 3.63) is 59.3 Å². The molecular formula is C29H31N5O4S. The first kappa shape index (κ1) is 26.6. The van der Waals surface area contributed by atoms with Crippen LogP contribution in [-0.4, -0.2) is 65.4 Å². The minimum atomic E-state index is -3.81. The molecule has 2 fully saturated rings. The Balaban J connectivity index is 1.65. The molecule has 5 rings (SSSR count). The zero-order valence-electron chi connectivity index (χ0n) is 22.4. The van der Waals surface area contributed by atoms with E-state index in [1.807, 2.05) is 74.2 Å². The first-order valence-corrected chi connectivity index (χ1v) is 14.7. The molecule has 1 aromatic heterocycles. The largest absolute Gasteiger partial charge is 0.465 e. The fraction of sp³-hybridized carbons (Fsp3) is 0.379. The monoisotopic (exact) mass is 545 g/mol. The fourth-order valence-corrected chi connectivity index (χ4v) is 6.59. The van der Waals surface area contributed by atoms with Gasteiger partial charge in [0, 0.05) is 19.3 Å². The summed E-state index contributed by atoms with van der Waals surface area (Å²) in [4.78, 5) is 24.5. The lowest BCUT2D eigenvalue weighted by atomic mass is 9.71. The lowest BCUT2D eigenvalue weighted by Crippen LogP contribution is -2.68. The van der Waals surface area contributed by atoms with E-state index in [2.05, 4.69) is 16.0 Å². The molecule has 9 nitrogen and oxygen atoms in total. The van der Waals surface area contributed by atoms with E-state index in [-0.39, 0.29) is 28.3 Å². The second-order valence-electron chi connectivity index (χ2n) is 11.4. The Morgan fingerprint density at radius 1 is 1.15 bits per heavy atom. The van der Waals surface area contributed by atoms with Crippen LogP contribution in [0.15, 0.2) is 47.6 Å². The number of rotatable bonds is 4. The minimum Gasteiger partial charge on any atom is -0.465 e. The van der Waals surface area contributed by atoms with Crippen LogP contribution in [0.2, 0.25) is 0 Å². The van der Waals surface area contributed by atoms with Gasteiger partial charge in [0.15, 0.2) is 5.82 Å². The van der Waals surface area contributed by atoms with Crippen LogP contribution >= 0.6 is 0 Å². The van der Waals surface area contributed by atoms with Gasteiger partial charge in [-0.25, -0.2) is 18.2 Å². The van der Waals surface area contributed by atoms with E-state index < -0.39 is 26.9 Å². The first-order chi connectivity index (χ1) is 18.4. The average Bonchev–Trinajstić information content (AvgIpc) is 3.14. The smallest absolute Gasteiger partial charge is 0.408 e. The molecule has 2 aliphatic rings. The zero-order chi connectivity index (χ0) is 28.2. The van der Waals surface area contributed by atoms with Crippen molar-refractivity contribution in [2.45, 2.75) is 50.4 Å². The molecule has 202 valence electrons. The van der Waals surface area contributed by atoms with Crippen molar-refractivity contribution in [3.8, 4) is 6.07 Å². The van der Waals surface area contributed by atoms with Crippen molar-refractivity contribution in [2.75, 3.05) is 24.2 Å². The predicted octanol–water partition coefficient (Wildman–Crippen LogP) is 4.82. The van der Waals surface area contributed by atoms with Crippen molar-refractivity contribution in [2.24, 2.45) is 5.41 Å². The third kappa shape index (κ3) is 4.51. The Morgan fingerprint density at radius 2 is 1.87 bits per heavy atom. The fourth-order valence-electron chi connectivity index (χ4n) is 6.07. The zero-order valence-corrected chi connectivity index (χ0v) is 23.2. The number of piperazine rings is 1. The molecule has 2 atom stereocenters. The van der Waals surface area contributed by atoms with Gasteiger partial charge in [-0.15, -0.1) is 0 Å². The summed E-state index contributed by atoms with van der Waals surface area (Å²) in [7, 11) is -3.81. The summed E-state index contributed by atoms with van der Waals surface area (Å²) in [6.45, 7) is 6.65. The number of anilines is 1. The van der Waals surface area contributed by atoms with Gasteiger partial charge in [-0.2, -0.15) is 10.2 Å². The summed E-state index contributed by atoms with van der Waals surface area (Å²) in [6, 6.07) is 15.7. The number of fused-ring (bicyclic) bond motifs is 3. The minimum absolute atomic E-state index is 0.158. The number of hydrogen-bond acceptors (Lipinski definition) is 7. The Hall–Kier alpha value is -3.97. The highest BCUT2D eigenvalue weighted by atomic mass is 32.2. The van der Waals surface area contributed by atoms with E-state index >= 15 is 0 Å². The van der Waals surface area contributed by atoms with Crippen LogP contribution in [0.1, 0.15) is 50.4 Å². The van der Waals surface area contributed by atoms with Gasteiger partial charge in [0.2, 0.25) is 15.0 Å². The quantitative estimate of drug-likeness (QED) is 0.462. The third-order valence-electron chi connectivity index (χ3n) is 8.09. The molecule has 3 heterocycles. The standard InChI is InChI=1S/C29H31N5O4S/c1-28(2,3)29-15-14-21(34(29)27(35)36)17-33(18-29)25-23(16-30)24(31-26(32-25)39(4,37)38)13-12-20-10-7-9-19-8-5-6-11-22(19)20/h5-13,21H,14-15,17-18H2,1-4H3,(H,35,36)/b13-12+/t21-,29-/m0/s1. The molecule has 0 radical (unpaired) electrons. The summed E-state index contributed by atoms with van der Waals surface area (Å²) in [5.74, 6) is 0.219. The van der Waals surface area contributed by atoms with Gasteiger partial charge in [-0.3, -0.25) is 4.90 Å². The average molecular weight is 546 g/mol. The number of benzene rings is 2. The number of amides is 1. The van der Waals surface area contributed by atoms with Crippen LogP contribution in [0.5, 0.6) is 0 Å². The second kappa shape index (κ2) is 9.35. The number of carboxylic acid groups (broad SMARTS) is 1. The number of hydrogen-bond donors (Lipinski definition) is 1. The van der Waals surface area contributed by atoms with Crippen LogP contribution < -0.4 is 4.90 Å². The number of nitriles is 1. The van der Waals surface area contributed by atoms with Gasteiger partial charge < -0.3 is 10.0 Å². The molecule has 0 spiro atoms. The summed E-state index contributed by atoms with van der Waals surface area (Å²) in [6.07, 6.45) is 4.90. The Bertz CT molecular complexity index is 1650.